The number of aliphatic hydroxyl groups excluding tert-OH is 1. The first-order chi connectivity index (χ1) is 41.5. The van der Waals surface area contributed by atoms with Crippen molar-refractivity contribution < 1.29 is 32.9 Å². The minimum atomic E-state index is -4.36. The van der Waals surface area contributed by atoms with Crippen molar-refractivity contribution in [1.29, 1.82) is 0 Å². The number of unbranched alkanes of at least 4 members (excludes halogenated alkanes) is 51. The van der Waals surface area contributed by atoms with Crippen LogP contribution in [0.4, 0.5) is 0 Å². The first-order valence-electron chi connectivity index (χ1n) is 37.5. The van der Waals surface area contributed by atoms with Crippen LogP contribution in [0.2, 0.25) is 0 Å². The molecule has 0 radical (unpaired) electrons. The Bertz CT molecular complexity index is 1530. The van der Waals surface area contributed by atoms with Crippen LogP contribution >= 0.6 is 7.82 Å². The van der Waals surface area contributed by atoms with Gasteiger partial charge < -0.3 is 19.8 Å². The number of rotatable bonds is 70. The summed E-state index contributed by atoms with van der Waals surface area (Å²) in [4.78, 5) is 23.5. The molecule has 3 atom stereocenters. The summed E-state index contributed by atoms with van der Waals surface area (Å²) in [6.45, 7) is 4.86. The van der Waals surface area contributed by atoms with Crippen molar-refractivity contribution in [2.75, 3.05) is 40.9 Å². The number of allylic oxidation sites excluding steroid dienone is 7. The van der Waals surface area contributed by atoms with Gasteiger partial charge in [0.05, 0.1) is 39.9 Å². The highest BCUT2D eigenvalue weighted by atomic mass is 31.2. The third kappa shape index (κ3) is 69.8. The van der Waals surface area contributed by atoms with Gasteiger partial charge in [-0.2, -0.15) is 0 Å². The number of phosphoric ester groups is 1. The molecule has 0 bridgehead atoms. The Morgan fingerprint density at radius 1 is 0.400 bits per heavy atom. The minimum absolute atomic E-state index is 0.0627. The second kappa shape index (κ2) is 66.9. The summed E-state index contributed by atoms with van der Waals surface area (Å²) in [5.41, 5.74) is 0. The smallest absolute Gasteiger partial charge is 0.387 e. The van der Waals surface area contributed by atoms with Crippen LogP contribution < -0.4 is 5.32 Å². The normalized spacial score (nSPS) is 13.8. The molecule has 0 aromatic heterocycles. The molecule has 8 nitrogen and oxygen atoms in total. The van der Waals surface area contributed by atoms with E-state index >= 15 is 0 Å². The van der Waals surface area contributed by atoms with E-state index in [2.05, 4.69) is 55.6 Å². The lowest BCUT2D eigenvalue weighted by Gasteiger charge is -2.25. The van der Waals surface area contributed by atoms with Crippen LogP contribution in [-0.2, 0) is 18.4 Å². The number of nitrogens with zero attached hydrogens (tertiary/aromatic N) is 1. The van der Waals surface area contributed by atoms with E-state index in [-0.39, 0.29) is 19.1 Å². The molecule has 1 amide bonds. The van der Waals surface area contributed by atoms with Gasteiger partial charge in [-0.15, -0.1) is 0 Å². The van der Waals surface area contributed by atoms with E-state index in [0.717, 1.165) is 44.9 Å². The summed E-state index contributed by atoms with van der Waals surface area (Å²) in [5.74, 6) is -0.170. The lowest BCUT2D eigenvalue weighted by Crippen LogP contribution is -2.45. The van der Waals surface area contributed by atoms with Gasteiger partial charge in [-0.3, -0.25) is 13.8 Å². The summed E-state index contributed by atoms with van der Waals surface area (Å²) in [6, 6.07) is -0.848. The lowest BCUT2D eigenvalue weighted by atomic mass is 10.0. The maximum atomic E-state index is 13.1. The Morgan fingerprint density at radius 3 is 0.976 bits per heavy atom. The molecular weight excluding hydrogens is 1070 g/mol. The molecule has 0 aliphatic rings. The fourth-order valence-corrected chi connectivity index (χ4v) is 12.2. The molecule has 0 heterocycles. The maximum Gasteiger partial charge on any atom is 0.472 e. The lowest BCUT2D eigenvalue weighted by molar-refractivity contribution is -0.870. The van der Waals surface area contributed by atoms with E-state index in [4.69, 9.17) is 9.05 Å². The van der Waals surface area contributed by atoms with Gasteiger partial charge in [-0.05, 0) is 57.8 Å². The third-order valence-electron chi connectivity index (χ3n) is 17.3. The van der Waals surface area contributed by atoms with Crippen LogP contribution in [0.15, 0.2) is 48.6 Å². The van der Waals surface area contributed by atoms with Gasteiger partial charge in [0.25, 0.3) is 0 Å². The first-order valence-corrected chi connectivity index (χ1v) is 39.0. The van der Waals surface area contributed by atoms with Crippen molar-refractivity contribution in [3.63, 3.8) is 0 Å². The summed E-state index contributed by atoms with van der Waals surface area (Å²) < 4.78 is 23.9. The standard InChI is InChI=1S/C76H147N2O6P/c1-6-8-10-12-14-16-18-20-22-24-26-28-30-32-34-36-38-39-40-42-44-46-48-50-52-54-56-58-60-62-64-66-68-70-76(80)77-74(73-84-85(81,82)83-72-71-78(3,4)5)75(79)69-67-65-63-61-59-57-55-53-51-49-47-45-43-41-37-35-33-31-29-27-25-23-21-19-17-15-13-11-9-7-2/h18,20,24,26,30,32,67,69,74-75,79H,6-17,19,21-23,25,27-29,31,33-66,68,70-73H2,1-5H3,(H-,77,80,81,82)/p+1/b20-18-,26-24-,32-30-,69-67+. The van der Waals surface area contributed by atoms with Crippen LogP contribution in [0.25, 0.3) is 0 Å². The molecule has 0 aliphatic carbocycles. The highest BCUT2D eigenvalue weighted by molar-refractivity contribution is 7.47. The molecule has 0 aliphatic heterocycles. The predicted molar refractivity (Wildman–Crippen MR) is 374 cm³/mol. The zero-order valence-corrected chi connectivity index (χ0v) is 58.5. The number of carbonyl (C=O) groups excluding carboxylic acids is 1. The fraction of sp³-hybridized carbons (Fsp3) is 0.882. The Labute approximate surface area is 530 Å². The van der Waals surface area contributed by atoms with Crippen LogP contribution in [0, 0.1) is 0 Å². The second-order valence-corrected chi connectivity index (χ2v) is 28.5. The number of hydrogen-bond donors (Lipinski definition) is 3. The molecule has 0 aromatic carbocycles. The van der Waals surface area contributed by atoms with Gasteiger partial charge in [-0.25, -0.2) is 4.57 Å². The van der Waals surface area contributed by atoms with Crippen molar-refractivity contribution in [2.45, 2.75) is 392 Å². The highest BCUT2D eigenvalue weighted by Crippen LogP contribution is 2.43. The van der Waals surface area contributed by atoms with E-state index in [0.29, 0.717) is 17.4 Å². The van der Waals surface area contributed by atoms with Crippen molar-refractivity contribution in [1.82, 2.24) is 5.32 Å². The average molecular weight is 1220 g/mol. The molecule has 0 rings (SSSR count). The number of amides is 1. The number of hydrogen-bond acceptors (Lipinski definition) is 5. The van der Waals surface area contributed by atoms with Gasteiger partial charge in [-0.1, -0.05) is 364 Å². The van der Waals surface area contributed by atoms with E-state index in [1.54, 1.807) is 6.08 Å². The van der Waals surface area contributed by atoms with Crippen LogP contribution in [-0.4, -0.2) is 73.4 Å². The molecule has 3 unspecified atom stereocenters. The predicted octanol–water partition coefficient (Wildman–Crippen LogP) is 24.2. The van der Waals surface area contributed by atoms with Crippen molar-refractivity contribution in [3.8, 4) is 0 Å². The first kappa shape index (κ1) is 83.5. The summed E-state index contributed by atoms with van der Waals surface area (Å²) in [7, 11) is 1.59. The van der Waals surface area contributed by atoms with Gasteiger partial charge >= 0.3 is 7.82 Å². The molecule has 0 spiro atoms. The van der Waals surface area contributed by atoms with Crippen molar-refractivity contribution in [3.05, 3.63) is 48.6 Å². The molecule has 3 N–H and O–H groups in total. The number of aliphatic hydroxyl groups is 1. The van der Waals surface area contributed by atoms with Crippen LogP contribution in [0.3, 0.4) is 0 Å². The Hall–Kier alpha value is -1.54. The van der Waals surface area contributed by atoms with E-state index in [9.17, 15) is 19.4 Å². The third-order valence-corrected chi connectivity index (χ3v) is 18.3. The molecule has 0 fully saturated rings. The Balaban J connectivity index is 4.01. The quantitative estimate of drug-likeness (QED) is 0.0243. The molecule has 0 saturated heterocycles. The fourth-order valence-electron chi connectivity index (χ4n) is 11.5. The van der Waals surface area contributed by atoms with Crippen LogP contribution in [0.5, 0.6) is 0 Å². The van der Waals surface area contributed by atoms with Gasteiger partial charge in [0, 0.05) is 6.42 Å². The van der Waals surface area contributed by atoms with Gasteiger partial charge in [0.2, 0.25) is 5.91 Å². The Kier molecular flexibility index (Phi) is 65.7. The number of likely N-dealkylation sites (N-methyl/N-ethyl adjacent to an activating group) is 1. The highest BCUT2D eigenvalue weighted by Gasteiger charge is 2.28. The average Bonchev–Trinajstić information content (AvgIpc) is 3.49. The van der Waals surface area contributed by atoms with Gasteiger partial charge in [0.15, 0.2) is 0 Å². The minimum Gasteiger partial charge on any atom is -0.387 e. The van der Waals surface area contributed by atoms with Gasteiger partial charge in [0.1, 0.15) is 13.2 Å². The number of carbonyl (C=O) groups is 1. The monoisotopic (exact) mass is 1220 g/mol. The van der Waals surface area contributed by atoms with Crippen molar-refractivity contribution in [2.24, 2.45) is 0 Å². The van der Waals surface area contributed by atoms with E-state index in [1.807, 2.05) is 27.2 Å². The Morgan fingerprint density at radius 2 is 0.671 bits per heavy atom. The topological polar surface area (TPSA) is 105 Å². The zero-order chi connectivity index (χ0) is 61.9. The molecule has 502 valence electrons. The van der Waals surface area contributed by atoms with E-state index in [1.165, 1.54) is 315 Å². The molecule has 9 heteroatoms. The number of nitrogens with one attached hydrogen (secondary N) is 1. The summed E-state index contributed by atoms with van der Waals surface area (Å²) in [5, 5.41) is 14.0. The molecule has 0 saturated carbocycles. The zero-order valence-electron chi connectivity index (χ0n) is 57.6. The maximum absolute atomic E-state index is 13.1. The molecule has 0 aromatic rings. The second-order valence-electron chi connectivity index (χ2n) is 27.0. The largest absolute Gasteiger partial charge is 0.472 e. The molecule has 85 heavy (non-hydrogen) atoms. The summed E-state index contributed by atoms with van der Waals surface area (Å²) in [6.07, 6.45) is 91.3. The van der Waals surface area contributed by atoms with E-state index < -0.39 is 20.0 Å². The SMILES string of the molecule is CCCCCCC/C=C\C/C=C\C/C=C\CCCCCCCCCCCCCCCCCCCCC(=O)NC(COP(=O)(O)OCC[N+](C)(C)C)C(O)/C=C/CCCCCCCCCCCCCCCCCCCCCCCCCCCCCC. The number of quaternary nitrogens is 1. The number of phosphoric acid groups is 1. The van der Waals surface area contributed by atoms with Crippen molar-refractivity contribution >= 4 is 13.7 Å². The molecular formula is C76H148N2O6P+. The van der Waals surface area contributed by atoms with Crippen LogP contribution in [0.1, 0.15) is 380 Å². The summed E-state index contributed by atoms with van der Waals surface area (Å²) >= 11 is 0.